The van der Waals surface area contributed by atoms with Gasteiger partial charge in [0.25, 0.3) is 0 Å². The Balaban J connectivity index is 2.58. The monoisotopic (exact) mass is 332 g/mol. The Morgan fingerprint density at radius 3 is 2.39 bits per heavy atom. The predicted molar refractivity (Wildman–Crippen MR) is 77.2 cm³/mol. The number of thiophene rings is 1. The average molecular weight is 333 g/mol. The van der Waals surface area contributed by atoms with Crippen molar-refractivity contribution in [2.75, 3.05) is 33.7 Å². The molecule has 0 N–H and O–H groups in total. The zero-order valence-electron chi connectivity index (χ0n) is 10.8. The van der Waals surface area contributed by atoms with Gasteiger partial charge >= 0.3 is 0 Å². The van der Waals surface area contributed by atoms with E-state index in [1.165, 1.54) is 16.2 Å². The molecule has 0 aliphatic carbocycles. The molecule has 18 heavy (non-hydrogen) atoms. The summed E-state index contributed by atoms with van der Waals surface area (Å²) in [4.78, 5) is 27.7. The van der Waals surface area contributed by atoms with Crippen molar-refractivity contribution in [3.05, 3.63) is 20.8 Å². The lowest BCUT2D eigenvalue weighted by molar-refractivity contribution is -0.129. The quantitative estimate of drug-likeness (QED) is 0.749. The van der Waals surface area contributed by atoms with Crippen LogP contribution >= 0.6 is 27.3 Å². The van der Waals surface area contributed by atoms with Gasteiger partial charge in [0.15, 0.2) is 5.78 Å². The summed E-state index contributed by atoms with van der Waals surface area (Å²) < 4.78 is 0.943. The molecule has 100 valence electrons. The highest BCUT2D eigenvalue weighted by atomic mass is 79.9. The Morgan fingerprint density at radius 1 is 1.28 bits per heavy atom. The highest BCUT2D eigenvalue weighted by molar-refractivity contribution is 9.11. The Hall–Kier alpha value is -0.720. The van der Waals surface area contributed by atoms with Crippen molar-refractivity contribution in [3.8, 4) is 0 Å². The Bertz CT molecular complexity index is 431. The molecule has 1 rings (SSSR count). The van der Waals surface area contributed by atoms with E-state index in [2.05, 4.69) is 15.9 Å². The van der Waals surface area contributed by atoms with Gasteiger partial charge in [-0.3, -0.25) is 14.5 Å². The minimum atomic E-state index is 0.0111. The summed E-state index contributed by atoms with van der Waals surface area (Å²) in [5.41, 5.74) is 0. The maximum atomic E-state index is 12.0. The molecule has 1 aromatic heterocycles. The zero-order valence-corrected chi connectivity index (χ0v) is 13.2. The first-order valence-electron chi connectivity index (χ1n) is 5.65. The molecule has 1 amide bonds. The fourth-order valence-corrected chi connectivity index (χ4v) is 2.67. The third-order valence-corrected chi connectivity index (χ3v) is 4.18. The molecule has 0 radical (unpaired) electrons. The number of ketones is 1. The van der Waals surface area contributed by atoms with Crippen molar-refractivity contribution in [2.24, 2.45) is 0 Å². The van der Waals surface area contributed by atoms with Crippen molar-refractivity contribution < 1.29 is 9.59 Å². The molecular formula is C12H17BrN2O2S. The predicted octanol–water partition coefficient (Wildman–Crippen LogP) is 2.10. The molecule has 6 heteroatoms. The van der Waals surface area contributed by atoms with Crippen LogP contribution in [0.5, 0.6) is 0 Å². The van der Waals surface area contributed by atoms with Crippen molar-refractivity contribution >= 4 is 39.0 Å². The van der Waals surface area contributed by atoms with Crippen LogP contribution in [-0.2, 0) is 4.79 Å². The summed E-state index contributed by atoms with van der Waals surface area (Å²) in [5.74, 6) is 0.0658. The van der Waals surface area contributed by atoms with Gasteiger partial charge in [0.1, 0.15) is 0 Å². The van der Waals surface area contributed by atoms with E-state index in [-0.39, 0.29) is 24.8 Å². The van der Waals surface area contributed by atoms with Crippen LogP contribution in [-0.4, -0.2) is 55.2 Å². The normalized spacial score (nSPS) is 10.7. The second kappa shape index (κ2) is 7.01. The first-order chi connectivity index (χ1) is 8.43. The van der Waals surface area contributed by atoms with E-state index in [9.17, 15) is 9.59 Å². The van der Waals surface area contributed by atoms with Crippen LogP contribution in [0.1, 0.15) is 16.6 Å². The fourth-order valence-electron chi connectivity index (χ4n) is 1.36. The molecule has 0 saturated carbocycles. The molecule has 1 aromatic rings. The van der Waals surface area contributed by atoms with Gasteiger partial charge in [0.2, 0.25) is 5.91 Å². The SMILES string of the molecule is CCN(CC(=O)c1ccc(Br)s1)CC(=O)N(C)C. The number of nitrogens with zero attached hydrogens (tertiary/aromatic N) is 2. The molecular weight excluding hydrogens is 316 g/mol. The van der Waals surface area contributed by atoms with Gasteiger partial charge in [0.05, 0.1) is 21.8 Å². The van der Waals surface area contributed by atoms with E-state index in [0.29, 0.717) is 6.54 Å². The molecule has 0 saturated heterocycles. The second-order valence-corrected chi connectivity index (χ2v) is 6.58. The second-order valence-electron chi connectivity index (χ2n) is 4.12. The maximum Gasteiger partial charge on any atom is 0.236 e. The first-order valence-corrected chi connectivity index (χ1v) is 7.26. The fraction of sp³-hybridized carbons (Fsp3) is 0.500. The van der Waals surface area contributed by atoms with Gasteiger partial charge in [-0.2, -0.15) is 0 Å². The Labute approximate surface area is 120 Å². The van der Waals surface area contributed by atoms with Crippen LogP contribution in [0.25, 0.3) is 0 Å². The average Bonchev–Trinajstić information content (AvgIpc) is 2.74. The van der Waals surface area contributed by atoms with Crippen LogP contribution < -0.4 is 0 Å². The number of carbonyl (C=O) groups is 2. The van der Waals surface area contributed by atoms with Crippen LogP contribution in [0.2, 0.25) is 0 Å². The molecule has 0 unspecified atom stereocenters. The molecule has 0 aliphatic heterocycles. The molecule has 0 spiro atoms. The Kier molecular flexibility index (Phi) is 5.98. The topological polar surface area (TPSA) is 40.6 Å². The number of Topliss-reactive ketones (excluding diaryl/α,β-unsaturated/α-hetero) is 1. The lowest BCUT2D eigenvalue weighted by atomic mass is 10.3. The number of hydrogen-bond donors (Lipinski definition) is 0. The largest absolute Gasteiger partial charge is 0.348 e. The first kappa shape index (κ1) is 15.3. The minimum Gasteiger partial charge on any atom is -0.348 e. The number of amides is 1. The Morgan fingerprint density at radius 2 is 1.94 bits per heavy atom. The molecule has 0 aromatic carbocycles. The number of likely N-dealkylation sites (N-methyl/N-ethyl adjacent to an activating group) is 2. The van der Waals surface area contributed by atoms with E-state index >= 15 is 0 Å². The standard InChI is InChI=1S/C12H17BrN2O2S/c1-4-15(8-12(17)14(2)3)7-9(16)10-5-6-11(13)18-10/h5-6H,4,7-8H2,1-3H3. The number of hydrogen-bond acceptors (Lipinski definition) is 4. The summed E-state index contributed by atoms with van der Waals surface area (Å²) in [6.45, 7) is 3.18. The van der Waals surface area contributed by atoms with E-state index in [1.807, 2.05) is 17.9 Å². The van der Waals surface area contributed by atoms with Crippen molar-refractivity contribution in [1.29, 1.82) is 0 Å². The zero-order chi connectivity index (χ0) is 13.7. The molecule has 4 nitrogen and oxygen atoms in total. The smallest absolute Gasteiger partial charge is 0.236 e. The van der Waals surface area contributed by atoms with Gasteiger partial charge < -0.3 is 4.90 Å². The van der Waals surface area contributed by atoms with Gasteiger partial charge in [0, 0.05) is 14.1 Å². The van der Waals surface area contributed by atoms with Gasteiger partial charge in [-0.05, 0) is 34.6 Å². The van der Waals surface area contributed by atoms with E-state index < -0.39 is 0 Å². The summed E-state index contributed by atoms with van der Waals surface area (Å²) in [5, 5.41) is 0. The molecule has 0 atom stereocenters. The van der Waals surface area contributed by atoms with Crippen molar-refractivity contribution in [2.45, 2.75) is 6.92 Å². The molecule has 0 aliphatic rings. The van der Waals surface area contributed by atoms with E-state index in [4.69, 9.17) is 0 Å². The van der Waals surface area contributed by atoms with E-state index in [1.54, 1.807) is 20.2 Å². The summed E-state index contributed by atoms with van der Waals surface area (Å²) in [6.07, 6.45) is 0. The van der Waals surface area contributed by atoms with Crippen molar-refractivity contribution in [3.63, 3.8) is 0 Å². The molecule has 0 bridgehead atoms. The van der Waals surface area contributed by atoms with Crippen LogP contribution in [0.3, 0.4) is 0 Å². The van der Waals surface area contributed by atoms with Crippen LogP contribution in [0.15, 0.2) is 15.9 Å². The van der Waals surface area contributed by atoms with Gasteiger partial charge in [-0.1, -0.05) is 6.92 Å². The highest BCUT2D eigenvalue weighted by Gasteiger charge is 2.16. The van der Waals surface area contributed by atoms with Gasteiger partial charge in [-0.25, -0.2) is 0 Å². The number of halogens is 1. The minimum absolute atomic E-state index is 0.0111. The molecule has 1 heterocycles. The number of rotatable bonds is 6. The summed E-state index contributed by atoms with van der Waals surface area (Å²) in [6, 6.07) is 3.66. The van der Waals surface area contributed by atoms with Crippen LogP contribution in [0, 0.1) is 0 Å². The lowest BCUT2D eigenvalue weighted by Gasteiger charge is -2.20. The van der Waals surface area contributed by atoms with Gasteiger partial charge in [-0.15, -0.1) is 11.3 Å². The number of carbonyl (C=O) groups excluding carboxylic acids is 2. The summed E-state index contributed by atoms with van der Waals surface area (Å²) in [7, 11) is 3.43. The van der Waals surface area contributed by atoms with E-state index in [0.717, 1.165) is 8.66 Å². The van der Waals surface area contributed by atoms with Crippen molar-refractivity contribution in [1.82, 2.24) is 9.80 Å². The van der Waals surface area contributed by atoms with Crippen LogP contribution in [0.4, 0.5) is 0 Å². The third kappa shape index (κ3) is 4.51. The summed E-state index contributed by atoms with van der Waals surface area (Å²) >= 11 is 4.75. The maximum absolute atomic E-state index is 12.0. The third-order valence-electron chi connectivity index (χ3n) is 2.52. The highest BCUT2D eigenvalue weighted by Crippen LogP contribution is 2.22. The lowest BCUT2D eigenvalue weighted by Crippen LogP contribution is -2.39. The molecule has 0 fully saturated rings.